The lowest BCUT2D eigenvalue weighted by Gasteiger charge is -2.16. The Labute approximate surface area is 102 Å². The molecule has 1 unspecified atom stereocenters. The summed E-state index contributed by atoms with van der Waals surface area (Å²) in [6.45, 7) is 3.89. The van der Waals surface area contributed by atoms with Crippen molar-refractivity contribution in [2.45, 2.75) is 44.0 Å². The van der Waals surface area contributed by atoms with Gasteiger partial charge in [0, 0.05) is 6.04 Å². The maximum atomic E-state index is 13.4. The molecule has 1 atom stereocenters. The van der Waals surface area contributed by atoms with Crippen molar-refractivity contribution in [2.75, 3.05) is 0 Å². The summed E-state index contributed by atoms with van der Waals surface area (Å²) in [5.74, 6) is -0.716. The molecule has 0 fully saturated rings. The molecule has 0 aromatic heterocycles. The van der Waals surface area contributed by atoms with E-state index in [2.05, 4.69) is 4.72 Å². The van der Waals surface area contributed by atoms with Crippen molar-refractivity contribution in [2.24, 2.45) is 0 Å². The van der Waals surface area contributed by atoms with E-state index in [1.165, 1.54) is 18.2 Å². The van der Waals surface area contributed by atoms with Crippen molar-refractivity contribution in [1.82, 2.24) is 4.72 Å². The standard InChI is InChI=1S/C12H18FNO2S/c1-3-7-10(4-2)14-17(15,16)12-9-6-5-8-11(12)13/h5-6,8-10,14H,3-4,7H2,1-2H3. The number of hydrogen-bond donors (Lipinski definition) is 1. The third kappa shape index (κ3) is 3.78. The summed E-state index contributed by atoms with van der Waals surface area (Å²) in [7, 11) is -3.75. The van der Waals surface area contributed by atoms with Gasteiger partial charge >= 0.3 is 0 Å². The lowest BCUT2D eigenvalue weighted by Crippen LogP contribution is -2.34. The fourth-order valence-corrected chi connectivity index (χ4v) is 3.07. The van der Waals surface area contributed by atoms with Crippen molar-refractivity contribution < 1.29 is 12.8 Å². The van der Waals surface area contributed by atoms with E-state index in [-0.39, 0.29) is 10.9 Å². The Balaban J connectivity index is 2.92. The van der Waals surface area contributed by atoms with Crippen LogP contribution >= 0.6 is 0 Å². The lowest BCUT2D eigenvalue weighted by molar-refractivity contribution is 0.506. The third-order valence-corrected chi connectivity index (χ3v) is 4.13. The van der Waals surface area contributed by atoms with E-state index in [0.717, 1.165) is 18.9 Å². The Morgan fingerprint density at radius 2 is 1.94 bits per heavy atom. The highest BCUT2D eigenvalue weighted by Crippen LogP contribution is 2.15. The predicted molar refractivity (Wildman–Crippen MR) is 65.7 cm³/mol. The van der Waals surface area contributed by atoms with Crippen LogP contribution in [0, 0.1) is 5.82 Å². The summed E-state index contributed by atoms with van der Waals surface area (Å²) in [4.78, 5) is -0.283. The van der Waals surface area contributed by atoms with Crippen LogP contribution < -0.4 is 4.72 Å². The molecule has 1 aromatic carbocycles. The first-order valence-corrected chi connectivity index (χ1v) is 7.26. The lowest BCUT2D eigenvalue weighted by atomic mass is 10.1. The van der Waals surface area contributed by atoms with Crippen LogP contribution in [-0.2, 0) is 10.0 Å². The first-order chi connectivity index (χ1) is 8.01. The summed E-state index contributed by atoms with van der Waals surface area (Å²) >= 11 is 0. The Morgan fingerprint density at radius 1 is 1.29 bits per heavy atom. The van der Waals surface area contributed by atoms with Gasteiger partial charge in [-0.3, -0.25) is 0 Å². The minimum Gasteiger partial charge on any atom is -0.208 e. The van der Waals surface area contributed by atoms with E-state index in [0.29, 0.717) is 6.42 Å². The van der Waals surface area contributed by atoms with Crippen molar-refractivity contribution in [3.63, 3.8) is 0 Å². The second kappa shape index (κ2) is 6.12. The second-order valence-corrected chi connectivity index (χ2v) is 5.63. The highest BCUT2D eigenvalue weighted by atomic mass is 32.2. The van der Waals surface area contributed by atoms with Crippen molar-refractivity contribution >= 4 is 10.0 Å². The minimum atomic E-state index is -3.75. The van der Waals surface area contributed by atoms with Crippen LogP contribution in [0.3, 0.4) is 0 Å². The van der Waals surface area contributed by atoms with Crippen molar-refractivity contribution in [3.8, 4) is 0 Å². The molecule has 0 bridgehead atoms. The zero-order valence-electron chi connectivity index (χ0n) is 10.1. The fourth-order valence-electron chi connectivity index (χ4n) is 1.64. The molecule has 1 rings (SSSR count). The van der Waals surface area contributed by atoms with E-state index < -0.39 is 15.8 Å². The third-order valence-electron chi connectivity index (χ3n) is 2.58. The zero-order valence-corrected chi connectivity index (χ0v) is 10.9. The molecule has 0 saturated heterocycles. The summed E-state index contributed by atoms with van der Waals surface area (Å²) in [6.07, 6.45) is 2.34. The van der Waals surface area contributed by atoms with Gasteiger partial charge < -0.3 is 0 Å². The molecule has 0 aliphatic rings. The molecule has 0 radical (unpaired) electrons. The summed E-state index contributed by atoms with van der Waals surface area (Å²) < 4.78 is 39.8. The normalized spacial score (nSPS) is 13.6. The van der Waals surface area contributed by atoms with Gasteiger partial charge in [-0.25, -0.2) is 17.5 Å². The van der Waals surface area contributed by atoms with Gasteiger partial charge in [0.2, 0.25) is 10.0 Å². The Morgan fingerprint density at radius 3 is 2.47 bits per heavy atom. The molecule has 1 N–H and O–H groups in total. The summed E-state index contributed by atoms with van der Waals surface area (Å²) in [5, 5.41) is 0. The predicted octanol–water partition coefficient (Wildman–Crippen LogP) is 2.68. The maximum Gasteiger partial charge on any atom is 0.243 e. The Kier molecular flexibility index (Phi) is 5.08. The summed E-state index contributed by atoms with van der Waals surface area (Å²) in [6, 6.07) is 5.27. The Hall–Kier alpha value is -0.940. The largest absolute Gasteiger partial charge is 0.243 e. The van der Waals surface area contributed by atoms with Gasteiger partial charge in [-0.05, 0) is 25.0 Å². The van der Waals surface area contributed by atoms with Gasteiger partial charge in [-0.2, -0.15) is 0 Å². The maximum absolute atomic E-state index is 13.4. The van der Waals surface area contributed by atoms with E-state index in [1.54, 1.807) is 0 Å². The fraction of sp³-hybridized carbons (Fsp3) is 0.500. The van der Waals surface area contributed by atoms with Gasteiger partial charge in [-0.15, -0.1) is 0 Å². The van der Waals surface area contributed by atoms with E-state index in [1.807, 2.05) is 13.8 Å². The van der Waals surface area contributed by atoms with Crippen molar-refractivity contribution in [1.29, 1.82) is 0 Å². The number of rotatable bonds is 6. The van der Waals surface area contributed by atoms with Gasteiger partial charge in [0.15, 0.2) is 0 Å². The van der Waals surface area contributed by atoms with E-state index in [4.69, 9.17) is 0 Å². The molecule has 1 aromatic rings. The van der Waals surface area contributed by atoms with Gasteiger partial charge in [0.1, 0.15) is 10.7 Å². The summed E-state index contributed by atoms with van der Waals surface area (Å²) in [5.41, 5.74) is 0. The average molecular weight is 259 g/mol. The topological polar surface area (TPSA) is 46.2 Å². The van der Waals surface area contributed by atoms with Crippen LogP contribution in [0.4, 0.5) is 4.39 Å². The SMILES string of the molecule is CCCC(CC)NS(=O)(=O)c1ccccc1F. The Bertz CT molecular complexity index is 459. The molecule has 3 nitrogen and oxygen atoms in total. The van der Waals surface area contributed by atoms with Crippen LogP contribution in [0.1, 0.15) is 33.1 Å². The number of nitrogens with one attached hydrogen (secondary N) is 1. The second-order valence-electron chi connectivity index (χ2n) is 3.95. The number of sulfonamides is 1. The molecule has 0 spiro atoms. The zero-order chi connectivity index (χ0) is 12.9. The number of halogens is 1. The molecule has 0 aliphatic heterocycles. The smallest absolute Gasteiger partial charge is 0.208 e. The minimum absolute atomic E-state index is 0.135. The molecule has 0 heterocycles. The number of benzene rings is 1. The van der Waals surface area contributed by atoms with Crippen LogP contribution in [0.5, 0.6) is 0 Å². The first-order valence-electron chi connectivity index (χ1n) is 5.78. The van der Waals surface area contributed by atoms with Gasteiger partial charge in [0.25, 0.3) is 0 Å². The molecule has 5 heteroatoms. The molecule has 0 saturated carbocycles. The van der Waals surface area contributed by atoms with Crippen LogP contribution in [0.15, 0.2) is 29.2 Å². The molecule has 96 valence electrons. The van der Waals surface area contributed by atoms with Crippen LogP contribution in [0.2, 0.25) is 0 Å². The highest BCUT2D eigenvalue weighted by molar-refractivity contribution is 7.89. The van der Waals surface area contributed by atoms with E-state index in [9.17, 15) is 12.8 Å². The van der Waals surface area contributed by atoms with Gasteiger partial charge in [-0.1, -0.05) is 32.4 Å². The molecular weight excluding hydrogens is 241 g/mol. The monoisotopic (exact) mass is 259 g/mol. The van der Waals surface area contributed by atoms with Gasteiger partial charge in [0.05, 0.1) is 0 Å². The highest BCUT2D eigenvalue weighted by Gasteiger charge is 2.21. The van der Waals surface area contributed by atoms with E-state index >= 15 is 0 Å². The average Bonchev–Trinajstić information content (AvgIpc) is 2.28. The quantitative estimate of drug-likeness (QED) is 0.853. The molecule has 17 heavy (non-hydrogen) atoms. The van der Waals surface area contributed by atoms with Crippen LogP contribution in [-0.4, -0.2) is 14.5 Å². The molecular formula is C12H18FNO2S. The molecule has 0 aliphatic carbocycles. The molecule has 0 amide bonds. The first kappa shape index (κ1) is 14.1. The number of hydrogen-bond acceptors (Lipinski definition) is 2. The van der Waals surface area contributed by atoms with Crippen LogP contribution in [0.25, 0.3) is 0 Å². The van der Waals surface area contributed by atoms with Crippen molar-refractivity contribution in [3.05, 3.63) is 30.1 Å².